The summed E-state index contributed by atoms with van der Waals surface area (Å²) >= 11 is 12.0. The summed E-state index contributed by atoms with van der Waals surface area (Å²) in [5.41, 5.74) is 0.349. The molecule has 1 amide bonds. The van der Waals surface area contributed by atoms with Crippen LogP contribution in [0.25, 0.3) is 0 Å². The topological polar surface area (TPSA) is 57.7 Å². The molecule has 128 valence electrons. The fourth-order valence-corrected chi connectivity index (χ4v) is 4.46. The number of piperazine rings is 1. The van der Waals surface area contributed by atoms with Gasteiger partial charge in [0.15, 0.2) is 0 Å². The number of carbonyl (C=O) groups is 1. The minimum absolute atomic E-state index is 0.164. The average Bonchev–Trinajstić information content (AvgIpc) is 2.54. The molecular formula is C15H20Cl2N2O3S. The number of benzene rings is 1. The highest BCUT2D eigenvalue weighted by atomic mass is 35.5. The van der Waals surface area contributed by atoms with Gasteiger partial charge in [-0.25, -0.2) is 8.42 Å². The van der Waals surface area contributed by atoms with E-state index in [0.717, 1.165) is 6.42 Å². The van der Waals surface area contributed by atoms with Gasteiger partial charge in [0.25, 0.3) is 5.91 Å². The first kappa shape index (κ1) is 18.5. The third-order valence-electron chi connectivity index (χ3n) is 3.83. The summed E-state index contributed by atoms with van der Waals surface area (Å²) in [5.74, 6) is -0.0551. The van der Waals surface area contributed by atoms with E-state index in [-0.39, 0.29) is 11.7 Å². The maximum absolute atomic E-state index is 12.5. The van der Waals surface area contributed by atoms with Crippen molar-refractivity contribution >= 4 is 39.1 Å². The molecule has 1 aliphatic heterocycles. The van der Waals surface area contributed by atoms with Crippen LogP contribution in [0.3, 0.4) is 0 Å². The summed E-state index contributed by atoms with van der Waals surface area (Å²) in [5, 5.41) is 0.788. The first-order valence-electron chi connectivity index (χ1n) is 7.57. The minimum atomic E-state index is -3.23. The molecule has 1 aromatic rings. The number of hydrogen-bond donors (Lipinski definition) is 0. The standard InChI is InChI=1S/C15H20Cl2N2O3S/c1-2-3-10-23(21,22)19-8-6-18(7-9-19)15(20)13-11-12(16)4-5-14(13)17/h4-5,11H,2-3,6-10H2,1H3. The second-order valence-electron chi connectivity index (χ2n) is 5.48. The number of rotatable bonds is 5. The fourth-order valence-electron chi connectivity index (χ4n) is 2.46. The highest BCUT2D eigenvalue weighted by molar-refractivity contribution is 7.89. The van der Waals surface area contributed by atoms with Gasteiger partial charge in [-0.3, -0.25) is 4.79 Å². The minimum Gasteiger partial charge on any atom is -0.336 e. The number of unbranched alkanes of at least 4 members (excludes halogenated alkanes) is 1. The lowest BCUT2D eigenvalue weighted by Crippen LogP contribution is -2.51. The zero-order valence-electron chi connectivity index (χ0n) is 13.0. The lowest BCUT2D eigenvalue weighted by molar-refractivity contribution is 0.0698. The Balaban J connectivity index is 2.01. The highest BCUT2D eigenvalue weighted by Gasteiger charge is 2.29. The van der Waals surface area contributed by atoms with E-state index in [1.165, 1.54) is 10.4 Å². The van der Waals surface area contributed by atoms with Crippen LogP contribution in [-0.2, 0) is 10.0 Å². The van der Waals surface area contributed by atoms with Crippen LogP contribution in [0, 0.1) is 0 Å². The van der Waals surface area contributed by atoms with Gasteiger partial charge in [-0.05, 0) is 24.6 Å². The number of hydrogen-bond acceptors (Lipinski definition) is 3. The SMILES string of the molecule is CCCCS(=O)(=O)N1CCN(C(=O)c2cc(Cl)ccc2Cl)CC1. The van der Waals surface area contributed by atoms with Crippen LogP contribution in [0.2, 0.25) is 10.0 Å². The molecule has 5 nitrogen and oxygen atoms in total. The van der Waals surface area contributed by atoms with Gasteiger partial charge >= 0.3 is 0 Å². The largest absolute Gasteiger partial charge is 0.336 e. The maximum Gasteiger partial charge on any atom is 0.255 e. The van der Waals surface area contributed by atoms with Crippen molar-refractivity contribution in [2.45, 2.75) is 19.8 Å². The molecule has 8 heteroatoms. The highest BCUT2D eigenvalue weighted by Crippen LogP contribution is 2.23. The molecule has 1 aromatic carbocycles. The predicted molar refractivity (Wildman–Crippen MR) is 92.6 cm³/mol. The quantitative estimate of drug-likeness (QED) is 0.791. The lowest BCUT2D eigenvalue weighted by Gasteiger charge is -2.34. The van der Waals surface area contributed by atoms with Gasteiger partial charge in [0.05, 0.1) is 16.3 Å². The Morgan fingerprint density at radius 3 is 2.43 bits per heavy atom. The fraction of sp³-hybridized carbons (Fsp3) is 0.533. The van der Waals surface area contributed by atoms with E-state index in [1.807, 2.05) is 6.92 Å². The van der Waals surface area contributed by atoms with Crippen LogP contribution in [-0.4, -0.2) is 55.5 Å². The molecule has 0 bridgehead atoms. The number of amides is 1. The van der Waals surface area contributed by atoms with E-state index < -0.39 is 10.0 Å². The first-order chi connectivity index (χ1) is 10.8. The van der Waals surface area contributed by atoms with Crippen molar-refractivity contribution in [3.05, 3.63) is 33.8 Å². The van der Waals surface area contributed by atoms with Gasteiger partial charge in [-0.2, -0.15) is 4.31 Å². The van der Waals surface area contributed by atoms with Crippen LogP contribution in [0.15, 0.2) is 18.2 Å². The summed E-state index contributed by atoms with van der Waals surface area (Å²) in [6, 6.07) is 4.75. The van der Waals surface area contributed by atoms with Crippen molar-refractivity contribution < 1.29 is 13.2 Å². The molecule has 0 atom stereocenters. The normalized spacial score (nSPS) is 16.6. The zero-order valence-corrected chi connectivity index (χ0v) is 15.3. The molecule has 0 radical (unpaired) electrons. The molecule has 0 N–H and O–H groups in total. The van der Waals surface area contributed by atoms with Crippen LogP contribution >= 0.6 is 23.2 Å². The summed E-state index contributed by atoms with van der Waals surface area (Å²) in [6.45, 7) is 3.30. The smallest absolute Gasteiger partial charge is 0.255 e. The Kier molecular flexibility index (Phi) is 6.31. The van der Waals surface area contributed by atoms with Crippen LogP contribution in [0.4, 0.5) is 0 Å². The zero-order chi connectivity index (χ0) is 17.0. The maximum atomic E-state index is 12.5. The van der Waals surface area contributed by atoms with Gasteiger partial charge in [-0.15, -0.1) is 0 Å². The van der Waals surface area contributed by atoms with Gasteiger partial charge in [0.1, 0.15) is 0 Å². The van der Waals surface area contributed by atoms with E-state index in [4.69, 9.17) is 23.2 Å². The molecule has 0 unspecified atom stereocenters. The van der Waals surface area contributed by atoms with Crippen molar-refractivity contribution in [1.82, 2.24) is 9.21 Å². The van der Waals surface area contributed by atoms with Gasteiger partial charge in [0.2, 0.25) is 10.0 Å². The molecule has 1 saturated heterocycles. The Labute approximate surface area is 147 Å². The summed E-state index contributed by atoms with van der Waals surface area (Å²) in [7, 11) is -3.23. The van der Waals surface area contributed by atoms with E-state index in [1.54, 1.807) is 17.0 Å². The van der Waals surface area contributed by atoms with Crippen LogP contribution in [0.1, 0.15) is 30.1 Å². The van der Waals surface area contributed by atoms with Gasteiger partial charge in [-0.1, -0.05) is 36.5 Å². The predicted octanol–water partition coefficient (Wildman–Crippen LogP) is 2.88. The molecule has 1 fully saturated rings. The first-order valence-corrected chi connectivity index (χ1v) is 9.94. The van der Waals surface area contributed by atoms with Crippen molar-refractivity contribution in [2.75, 3.05) is 31.9 Å². The molecule has 23 heavy (non-hydrogen) atoms. The van der Waals surface area contributed by atoms with E-state index in [2.05, 4.69) is 0 Å². The van der Waals surface area contributed by atoms with Crippen molar-refractivity contribution in [2.24, 2.45) is 0 Å². The number of carbonyl (C=O) groups excluding carboxylic acids is 1. The second kappa shape index (κ2) is 7.83. The second-order valence-corrected chi connectivity index (χ2v) is 8.42. The number of sulfonamides is 1. The van der Waals surface area contributed by atoms with Gasteiger partial charge < -0.3 is 4.90 Å². The molecule has 0 spiro atoms. The molecule has 0 aromatic heterocycles. The van der Waals surface area contributed by atoms with Gasteiger partial charge in [0, 0.05) is 31.2 Å². The number of halogens is 2. The Morgan fingerprint density at radius 1 is 1.17 bits per heavy atom. The molecule has 0 saturated carbocycles. The van der Waals surface area contributed by atoms with Crippen molar-refractivity contribution in [3.8, 4) is 0 Å². The van der Waals surface area contributed by atoms with E-state index in [0.29, 0.717) is 48.2 Å². The number of nitrogens with zero attached hydrogens (tertiary/aromatic N) is 2. The Morgan fingerprint density at radius 2 is 1.83 bits per heavy atom. The van der Waals surface area contributed by atoms with E-state index in [9.17, 15) is 13.2 Å². The summed E-state index contributed by atoms with van der Waals surface area (Å²) in [6.07, 6.45) is 1.49. The van der Waals surface area contributed by atoms with Crippen LogP contribution < -0.4 is 0 Å². The summed E-state index contributed by atoms with van der Waals surface area (Å²) in [4.78, 5) is 14.1. The molecular weight excluding hydrogens is 359 g/mol. The molecule has 2 rings (SSSR count). The van der Waals surface area contributed by atoms with Crippen molar-refractivity contribution in [1.29, 1.82) is 0 Å². The van der Waals surface area contributed by atoms with Crippen LogP contribution in [0.5, 0.6) is 0 Å². The Hall–Kier alpha value is -0.820. The third-order valence-corrected chi connectivity index (χ3v) is 6.36. The molecule has 1 heterocycles. The van der Waals surface area contributed by atoms with Crippen molar-refractivity contribution in [3.63, 3.8) is 0 Å². The average molecular weight is 379 g/mol. The molecule has 0 aliphatic carbocycles. The Bertz CT molecular complexity index is 671. The monoisotopic (exact) mass is 378 g/mol. The molecule has 1 aliphatic rings. The third kappa shape index (κ3) is 4.59. The van der Waals surface area contributed by atoms with E-state index >= 15 is 0 Å². The lowest BCUT2D eigenvalue weighted by atomic mass is 10.2. The summed E-state index contributed by atoms with van der Waals surface area (Å²) < 4.78 is 25.8.